The minimum Gasteiger partial charge on any atom is -0.477 e. The fourth-order valence-corrected chi connectivity index (χ4v) is 1.09. The molecular formula is C9H8F3NO4. The van der Waals surface area contributed by atoms with E-state index in [0.29, 0.717) is 0 Å². The Balaban J connectivity index is 2.95. The van der Waals surface area contributed by atoms with Crippen molar-refractivity contribution in [3.8, 4) is 5.75 Å². The molecule has 0 aliphatic rings. The Labute approximate surface area is 93.6 Å². The molecule has 0 atom stereocenters. The molecule has 94 valence electrons. The highest BCUT2D eigenvalue weighted by atomic mass is 19.4. The zero-order chi connectivity index (χ0) is 13.1. The molecule has 0 spiro atoms. The summed E-state index contributed by atoms with van der Waals surface area (Å²) in [5, 5.41) is 19.3. The number of hydrogen-bond acceptors (Lipinski definition) is 4. The largest absolute Gasteiger partial charge is 0.477 e. The molecular weight excluding hydrogens is 243 g/mol. The maximum Gasteiger partial charge on any atom is 0.422 e. The first kappa shape index (κ1) is 13.2. The predicted molar refractivity (Wildman–Crippen MR) is 50.6 cm³/mol. The molecule has 0 aliphatic carbocycles. The fourth-order valence-electron chi connectivity index (χ4n) is 1.09. The molecule has 0 aromatic heterocycles. The van der Waals surface area contributed by atoms with E-state index in [1.54, 1.807) is 0 Å². The number of nitro groups is 1. The maximum atomic E-state index is 11.9. The molecule has 1 N–H and O–H groups in total. The van der Waals surface area contributed by atoms with Crippen molar-refractivity contribution in [1.82, 2.24) is 0 Å². The topological polar surface area (TPSA) is 72.6 Å². The van der Waals surface area contributed by atoms with Gasteiger partial charge in [-0.15, -0.1) is 0 Å². The van der Waals surface area contributed by atoms with Gasteiger partial charge < -0.3 is 9.84 Å². The van der Waals surface area contributed by atoms with Crippen molar-refractivity contribution in [1.29, 1.82) is 0 Å². The Hall–Kier alpha value is -1.83. The first-order chi connectivity index (χ1) is 7.83. The number of aliphatic hydroxyl groups excluding tert-OH is 1. The molecule has 17 heavy (non-hydrogen) atoms. The molecule has 0 unspecified atom stereocenters. The van der Waals surface area contributed by atoms with Crippen LogP contribution < -0.4 is 4.74 Å². The molecule has 0 saturated carbocycles. The maximum absolute atomic E-state index is 11.9. The number of nitrogens with zero attached hydrogens (tertiary/aromatic N) is 1. The highest BCUT2D eigenvalue weighted by Crippen LogP contribution is 2.29. The third kappa shape index (κ3) is 3.91. The van der Waals surface area contributed by atoms with Gasteiger partial charge in [0.25, 0.3) is 0 Å². The van der Waals surface area contributed by atoms with Gasteiger partial charge in [-0.3, -0.25) is 10.1 Å². The molecule has 0 heterocycles. The molecule has 8 heteroatoms. The van der Waals surface area contributed by atoms with Crippen LogP contribution >= 0.6 is 0 Å². The van der Waals surface area contributed by atoms with E-state index >= 15 is 0 Å². The molecule has 1 aromatic carbocycles. The van der Waals surface area contributed by atoms with Crippen molar-refractivity contribution in [3.63, 3.8) is 0 Å². The molecule has 0 fully saturated rings. The molecule has 5 nitrogen and oxygen atoms in total. The van der Waals surface area contributed by atoms with Gasteiger partial charge in [-0.1, -0.05) is 6.07 Å². The Morgan fingerprint density at radius 3 is 2.53 bits per heavy atom. The summed E-state index contributed by atoms with van der Waals surface area (Å²) in [6.45, 7) is -2.05. The lowest BCUT2D eigenvalue weighted by Crippen LogP contribution is -2.19. The average Bonchev–Trinajstić information content (AvgIpc) is 2.25. The van der Waals surface area contributed by atoms with E-state index in [-0.39, 0.29) is 5.56 Å². The van der Waals surface area contributed by atoms with Crippen LogP contribution in [-0.4, -0.2) is 22.8 Å². The molecule has 0 bridgehead atoms. The molecule has 0 aliphatic heterocycles. The number of hydrogen-bond donors (Lipinski definition) is 1. The van der Waals surface area contributed by atoms with E-state index in [1.165, 1.54) is 6.07 Å². The van der Waals surface area contributed by atoms with Gasteiger partial charge >= 0.3 is 11.9 Å². The van der Waals surface area contributed by atoms with Gasteiger partial charge in [0.2, 0.25) is 0 Å². The van der Waals surface area contributed by atoms with Gasteiger partial charge in [0, 0.05) is 6.07 Å². The fraction of sp³-hybridized carbons (Fsp3) is 0.333. The van der Waals surface area contributed by atoms with Crippen molar-refractivity contribution in [2.75, 3.05) is 6.61 Å². The monoisotopic (exact) mass is 251 g/mol. The van der Waals surface area contributed by atoms with Gasteiger partial charge in [0.1, 0.15) is 0 Å². The standard InChI is InChI=1S/C9H8F3NO4/c10-9(11,12)5-17-8-2-1-6(4-14)3-7(8)13(15)16/h1-3,14H,4-5H2. The van der Waals surface area contributed by atoms with Gasteiger partial charge in [0.05, 0.1) is 11.5 Å². The van der Waals surface area contributed by atoms with Gasteiger partial charge in [-0.05, 0) is 11.6 Å². The molecule has 0 saturated heterocycles. The predicted octanol–water partition coefficient (Wildman–Crippen LogP) is 2.03. The van der Waals surface area contributed by atoms with Crippen molar-refractivity contribution in [2.45, 2.75) is 12.8 Å². The summed E-state index contributed by atoms with van der Waals surface area (Å²) in [7, 11) is 0. The van der Waals surface area contributed by atoms with E-state index in [0.717, 1.165) is 12.1 Å². The third-order valence-corrected chi connectivity index (χ3v) is 1.79. The van der Waals surface area contributed by atoms with Crippen LogP contribution in [0.25, 0.3) is 0 Å². The second kappa shape index (κ2) is 5.00. The van der Waals surface area contributed by atoms with Crippen molar-refractivity contribution >= 4 is 5.69 Å². The normalized spacial score (nSPS) is 11.3. The van der Waals surface area contributed by atoms with E-state index < -0.39 is 35.8 Å². The summed E-state index contributed by atoms with van der Waals surface area (Å²) in [5.41, 5.74) is -0.392. The van der Waals surface area contributed by atoms with Crippen LogP contribution in [0.3, 0.4) is 0 Å². The average molecular weight is 251 g/mol. The summed E-state index contributed by atoms with van der Waals surface area (Å²) in [6, 6.07) is 3.24. The Morgan fingerprint density at radius 1 is 1.41 bits per heavy atom. The first-order valence-corrected chi connectivity index (χ1v) is 4.41. The number of nitro benzene ring substituents is 1. The number of alkyl halides is 3. The summed E-state index contributed by atoms with van der Waals surface area (Å²) in [6.07, 6.45) is -4.57. The number of rotatable bonds is 4. The van der Waals surface area contributed by atoms with Crippen LogP contribution in [-0.2, 0) is 6.61 Å². The first-order valence-electron chi connectivity index (χ1n) is 4.41. The lowest BCUT2D eigenvalue weighted by Gasteiger charge is -2.09. The molecule has 1 aromatic rings. The van der Waals surface area contributed by atoms with Crippen LogP contribution in [0.1, 0.15) is 5.56 Å². The van der Waals surface area contributed by atoms with E-state index in [2.05, 4.69) is 4.74 Å². The van der Waals surface area contributed by atoms with Crippen LogP contribution in [0.2, 0.25) is 0 Å². The number of ether oxygens (including phenoxy) is 1. The summed E-state index contributed by atoms with van der Waals surface area (Å²) in [5.74, 6) is -0.482. The lowest BCUT2D eigenvalue weighted by atomic mass is 10.2. The highest BCUT2D eigenvalue weighted by molar-refractivity contribution is 5.48. The summed E-state index contributed by atoms with van der Waals surface area (Å²) in [4.78, 5) is 9.71. The molecule has 0 radical (unpaired) electrons. The van der Waals surface area contributed by atoms with Crippen molar-refractivity contribution < 1.29 is 27.9 Å². The van der Waals surface area contributed by atoms with Gasteiger partial charge in [-0.2, -0.15) is 13.2 Å². The number of halogens is 3. The van der Waals surface area contributed by atoms with E-state index in [4.69, 9.17) is 5.11 Å². The third-order valence-electron chi connectivity index (χ3n) is 1.79. The number of benzene rings is 1. The van der Waals surface area contributed by atoms with Gasteiger partial charge in [0.15, 0.2) is 12.4 Å². The Morgan fingerprint density at radius 2 is 2.06 bits per heavy atom. The van der Waals surface area contributed by atoms with Crippen molar-refractivity contribution in [2.24, 2.45) is 0 Å². The van der Waals surface area contributed by atoms with Crippen LogP contribution in [0.15, 0.2) is 18.2 Å². The number of aliphatic hydroxyl groups is 1. The lowest BCUT2D eigenvalue weighted by molar-refractivity contribution is -0.386. The zero-order valence-corrected chi connectivity index (χ0v) is 8.40. The minimum absolute atomic E-state index is 0.219. The Bertz CT molecular complexity index is 419. The summed E-state index contributed by atoms with van der Waals surface area (Å²) < 4.78 is 40.0. The Kier molecular flexibility index (Phi) is 3.89. The second-order valence-electron chi connectivity index (χ2n) is 3.12. The second-order valence-corrected chi connectivity index (χ2v) is 3.12. The van der Waals surface area contributed by atoms with Crippen LogP contribution in [0.4, 0.5) is 18.9 Å². The summed E-state index contributed by atoms with van der Waals surface area (Å²) >= 11 is 0. The minimum atomic E-state index is -4.57. The molecule has 0 amide bonds. The van der Waals surface area contributed by atoms with Gasteiger partial charge in [-0.25, -0.2) is 0 Å². The smallest absolute Gasteiger partial charge is 0.422 e. The van der Waals surface area contributed by atoms with Crippen molar-refractivity contribution in [3.05, 3.63) is 33.9 Å². The van der Waals surface area contributed by atoms with Crippen LogP contribution in [0.5, 0.6) is 5.75 Å². The van der Waals surface area contributed by atoms with E-state index in [9.17, 15) is 23.3 Å². The molecule has 1 rings (SSSR count). The van der Waals surface area contributed by atoms with Crippen LogP contribution in [0, 0.1) is 10.1 Å². The van der Waals surface area contributed by atoms with E-state index in [1.807, 2.05) is 0 Å². The highest BCUT2D eigenvalue weighted by Gasteiger charge is 2.30. The quantitative estimate of drug-likeness (QED) is 0.656. The SMILES string of the molecule is O=[N+]([O-])c1cc(CO)ccc1OCC(F)(F)F. The zero-order valence-electron chi connectivity index (χ0n) is 8.40.